The summed E-state index contributed by atoms with van der Waals surface area (Å²) in [5, 5.41) is 5.85. The molecule has 0 aliphatic carbocycles. The van der Waals surface area contributed by atoms with Gasteiger partial charge in [0.05, 0.1) is 4.90 Å². The van der Waals surface area contributed by atoms with Gasteiger partial charge in [0.2, 0.25) is 10.0 Å². The maximum absolute atomic E-state index is 11.6. The van der Waals surface area contributed by atoms with Gasteiger partial charge >= 0.3 is 6.09 Å². The van der Waals surface area contributed by atoms with Gasteiger partial charge in [0, 0.05) is 18.3 Å². The Balaban J connectivity index is 2.52. The molecule has 0 fully saturated rings. The molecule has 1 unspecified atom stereocenters. The van der Waals surface area contributed by atoms with Crippen molar-refractivity contribution in [3.8, 4) is 0 Å². The van der Waals surface area contributed by atoms with Gasteiger partial charge in [0.15, 0.2) is 0 Å². The molecule has 0 saturated heterocycles. The van der Waals surface area contributed by atoms with Crippen LogP contribution in [-0.4, -0.2) is 39.7 Å². The predicted molar refractivity (Wildman–Crippen MR) is 90.0 cm³/mol. The van der Waals surface area contributed by atoms with Crippen molar-refractivity contribution in [2.45, 2.75) is 44.2 Å². The van der Waals surface area contributed by atoms with Gasteiger partial charge in [-0.25, -0.2) is 17.9 Å². The molecule has 1 rings (SSSR count). The van der Waals surface area contributed by atoms with E-state index >= 15 is 0 Å². The monoisotopic (exact) mass is 343 g/mol. The molecule has 1 aromatic rings. The van der Waals surface area contributed by atoms with Crippen LogP contribution in [0.2, 0.25) is 0 Å². The number of benzene rings is 1. The zero-order valence-corrected chi connectivity index (χ0v) is 15.0. The molecule has 23 heavy (non-hydrogen) atoms. The van der Waals surface area contributed by atoms with Crippen molar-refractivity contribution in [2.75, 3.05) is 18.9 Å². The van der Waals surface area contributed by atoms with Gasteiger partial charge in [0.25, 0.3) is 0 Å². The van der Waals surface area contributed by atoms with Crippen molar-refractivity contribution in [1.29, 1.82) is 0 Å². The lowest BCUT2D eigenvalue weighted by molar-refractivity contribution is 0.0526. The molecule has 1 amide bonds. The first-order chi connectivity index (χ1) is 10.5. The molecule has 0 radical (unpaired) electrons. The van der Waals surface area contributed by atoms with Crippen molar-refractivity contribution in [1.82, 2.24) is 10.0 Å². The minimum Gasteiger partial charge on any atom is -0.444 e. The first-order valence-electron chi connectivity index (χ1n) is 7.30. The molecule has 1 aromatic carbocycles. The summed E-state index contributed by atoms with van der Waals surface area (Å²) in [5.74, 6) is 0. The predicted octanol–water partition coefficient (Wildman–Crippen LogP) is 1.92. The van der Waals surface area contributed by atoms with E-state index in [1.165, 1.54) is 19.2 Å². The normalized spacial score (nSPS) is 13.3. The second kappa shape index (κ2) is 7.65. The number of rotatable bonds is 6. The summed E-state index contributed by atoms with van der Waals surface area (Å²) in [6.45, 7) is 7.68. The number of carbonyl (C=O) groups is 1. The average Bonchev–Trinajstić information content (AvgIpc) is 2.44. The summed E-state index contributed by atoms with van der Waals surface area (Å²) < 4.78 is 30.7. The van der Waals surface area contributed by atoms with Crippen LogP contribution >= 0.6 is 0 Å². The molecule has 8 heteroatoms. The van der Waals surface area contributed by atoms with E-state index in [2.05, 4.69) is 15.4 Å². The SMILES string of the molecule is CNS(=O)(=O)c1ccc(NC(C)CNC(=O)OC(C)(C)C)cc1. The highest BCUT2D eigenvalue weighted by molar-refractivity contribution is 7.89. The fourth-order valence-electron chi connectivity index (χ4n) is 1.73. The maximum Gasteiger partial charge on any atom is 0.407 e. The molecule has 7 nitrogen and oxygen atoms in total. The van der Waals surface area contributed by atoms with Gasteiger partial charge in [-0.15, -0.1) is 0 Å². The Hall–Kier alpha value is -1.80. The van der Waals surface area contributed by atoms with Crippen LogP contribution in [0.3, 0.4) is 0 Å². The van der Waals surface area contributed by atoms with Crippen molar-refractivity contribution in [2.24, 2.45) is 0 Å². The summed E-state index contributed by atoms with van der Waals surface area (Å²) in [4.78, 5) is 11.8. The van der Waals surface area contributed by atoms with Crippen molar-refractivity contribution >= 4 is 21.8 Å². The van der Waals surface area contributed by atoms with Crippen LogP contribution in [-0.2, 0) is 14.8 Å². The Bertz CT molecular complexity index is 621. The van der Waals surface area contributed by atoms with Crippen LogP contribution in [0.4, 0.5) is 10.5 Å². The van der Waals surface area contributed by atoms with Crippen LogP contribution in [0.5, 0.6) is 0 Å². The Morgan fingerprint density at radius 1 is 1.22 bits per heavy atom. The molecule has 0 aliphatic rings. The molecule has 130 valence electrons. The largest absolute Gasteiger partial charge is 0.444 e. The average molecular weight is 343 g/mol. The number of nitrogens with one attached hydrogen (secondary N) is 3. The smallest absolute Gasteiger partial charge is 0.407 e. The lowest BCUT2D eigenvalue weighted by Crippen LogP contribution is -2.38. The summed E-state index contributed by atoms with van der Waals surface area (Å²) in [5.41, 5.74) is 0.230. The second-order valence-corrected chi connectivity index (χ2v) is 8.05. The van der Waals surface area contributed by atoms with Crippen molar-refractivity contribution < 1.29 is 17.9 Å². The third-order valence-corrected chi connectivity index (χ3v) is 4.23. The van der Waals surface area contributed by atoms with Gasteiger partial charge in [-0.05, 0) is 59.0 Å². The van der Waals surface area contributed by atoms with Crippen LogP contribution in [0, 0.1) is 0 Å². The molecule has 0 aromatic heterocycles. The topological polar surface area (TPSA) is 96.5 Å². The number of alkyl carbamates (subject to hydrolysis) is 1. The number of carbonyl (C=O) groups excluding carboxylic acids is 1. The molecule has 0 heterocycles. The van der Waals surface area contributed by atoms with E-state index in [-0.39, 0.29) is 10.9 Å². The molecule has 0 aliphatic heterocycles. The van der Waals surface area contributed by atoms with Gasteiger partial charge < -0.3 is 15.4 Å². The Kier molecular flexibility index (Phi) is 6.40. The highest BCUT2D eigenvalue weighted by Crippen LogP contribution is 2.14. The number of sulfonamides is 1. The van der Waals surface area contributed by atoms with E-state index in [1.807, 2.05) is 6.92 Å². The summed E-state index contributed by atoms with van der Waals surface area (Å²) in [6, 6.07) is 6.33. The van der Waals surface area contributed by atoms with Gasteiger partial charge in [-0.1, -0.05) is 0 Å². The number of hydrogen-bond acceptors (Lipinski definition) is 5. The van der Waals surface area contributed by atoms with E-state index in [4.69, 9.17) is 4.74 Å². The lowest BCUT2D eigenvalue weighted by Gasteiger charge is -2.21. The van der Waals surface area contributed by atoms with Crippen LogP contribution in [0.1, 0.15) is 27.7 Å². The number of ether oxygens (including phenoxy) is 1. The number of amides is 1. The quantitative estimate of drug-likeness (QED) is 0.733. The fraction of sp³-hybridized carbons (Fsp3) is 0.533. The van der Waals surface area contributed by atoms with Gasteiger partial charge in [-0.2, -0.15) is 0 Å². The summed E-state index contributed by atoms with van der Waals surface area (Å²) >= 11 is 0. The van der Waals surface area contributed by atoms with E-state index in [0.29, 0.717) is 6.54 Å². The first-order valence-corrected chi connectivity index (χ1v) is 8.79. The van der Waals surface area contributed by atoms with Crippen molar-refractivity contribution in [3.05, 3.63) is 24.3 Å². The van der Waals surface area contributed by atoms with E-state index in [9.17, 15) is 13.2 Å². The van der Waals surface area contributed by atoms with E-state index < -0.39 is 21.7 Å². The molecular weight excluding hydrogens is 318 g/mol. The molecule has 1 atom stereocenters. The zero-order chi connectivity index (χ0) is 17.7. The maximum atomic E-state index is 11.6. The highest BCUT2D eigenvalue weighted by atomic mass is 32.2. The van der Waals surface area contributed by atoms with Crippen LogP contribution < -0.4 is 15.4 Å². The second-order valence-electron chi connectivity index (χ2n) is 6.16. The first kappa shape index (κ1) is 19.2. The van der Waals surface area contributed by atoms with Gasteiger partial charge in [-0.3, -0.25) is 0 Å². The van der Waals surface area contributed by atoms with Crippen LogP contribution in [0.15, 0.2) is 29.2 Å². The van der Waals surface area contributed by atoms with Crippen LogP contribution in [0.25, 0.3) is 0 Å². The zero-order valence-electron chi connectivity index (χ0n) is 14.1. The van der Waals surface area contributed by atoms with Crippen molar-refractivity contribution in [3.63, 3.8) is 0 Å². The molecular formula is C15H25N3O4S. The Labute approximate surface area is 137 Å². The van der Waals surface area contributed by atoms with Gasteiger partial charge in [0.1, 0.15) is 5.60 Å². The summed E-state index contributed by atoms with van der Waals surface area (Å²) in [7, 11) is -2.07. The summed E-state index contributed by atoms with van der Waals surface area (Å²) in [6.07, 6.45) is -0.471. The number of anilines is 1. The Morgan fingerprint density at radius 3 is 2.26 bits per heavy atom. The minimum atomic E-state index is -3.43. The number of hydrogen-bond donors (Lipinski definition) is 3. The lowest BCUT2D eigenvalue weighted by atomic mass is 10.2. The highest BCUT2D eigenvalue weighted by Gasteiger charge is 2.16. The van der Waals surface area contributed by atoms with E-state index in [1.54, 1.807) is 32.9 Å². The molecule has 0 spiro atoms. The standard InChI is InChI=1S/C15H25N3O4S/c1-11(10-17-14(19)22-15(2,3)4)18-12-6-8-13(9-7-12)23(20,21)16-5/h6-9,11,16,18H,10H2,1-5H3,(H,17,19). The Morgan fingerprint density at radius 2 is 1.78 bits per heavy atom. The third-order valence-electron chi connectivity index (χ3n) is 2.80. The molecule has 0 saturated carbocycles. The minimum absolute atomic E-state index is 0.0470. The van der Waals surface area contributed by atoms with E-state index in [0.717, 1.165) is 5.69 Å². The third kappa shape index (κ3) is 6.87. The fourth-order valence-corrected chi connectivity index (χ4v) is 2.46. The molecule has 3 N–H and O–H groups in total. The molecule has 0 bridgehead atoms.